The maximum atomic E-state index is 13.2. The molecule has 3 aromatic rings. The van der Waals surface area contributed by atoms with E-state index in [0.717, 1.165) is 12.1 Å². The molecule has 0 atom stereocenters. The van der Waals surface area contributed by atoms with Crippen LogP contribution in [0.4, 0.5) is 13.2 Å². The Morgan fingerprint density at radius 2 is 1.97 bits per heavy atom. The SMILES string of the molecule is O=C(NC1(C(=O)NCc2ccc(Oc3ccc(O)cc3C(F)(F)F)cn2)CC1)c1cncs1. The van der Waals surface area contributed by atoms with Gasteiger partial charge >= 0.3 is 6.18 Å². The van der Waals surface area contributed by atoms with E-state index in [2.05, 4.69) is 20.6 Å². The monoisotopic (exact) mass is 478 g/mol. The third-order valence-electron chi connectivity index (χ3n) is 4.92. The molecule has 0 spiro atoms. The van der Waals surface area contributed by atoms with Crippen LogP contribution in [0.5, 0.6) is 17.2 Å². The van der Waals surface area contributed by atoms with Crippen LogP contribution in [0, 0.1) is 0 Å². The van der Waals surface area contributed by atoms with Gasteiger partial charge < -0.3 is 20.5 Å². The number of nitrogens with one attached hydrogen (secondary N) is 2. The van der Waals surface area contributed by atoms with Crippen LogP contribution in [-0.4, -0.2) is 32.4 Å². The Labute approximate surface area is 189 Å². The Morgan fingerprint density at radius 1 is 1.18 bits per heavy atom. The molecule has 1 aromatic carbocycles. The molecule has 12 heteroatoms. The summed E-state index contributed by atoms with van der Waals surface area (Å²) in [4.78, 5) is 33.1. The van der Waals surface area contributed by atoms with E-state index in [-0.39, 0.29) is 24.1 Å². The number of ether oxygens (including phenoxy) is 1. The molecule has 33 heavy (non-hydrogen) atoms. The molecule has 2 amide bonds. The summed E-state index contributed by atoms with van der Waals surface area (Å²) in [6, 6.07) is 5.60. The number of benzene rings is 1. The molecule has 0 unspecified atom stereocenters. The molecule has 1 aliphatic carbocycles. The number of hydrogen-bond acceptors (Lipinski definition) is 7. The number of amides is 2. The Balaban J connectivity index is 1.35. The first-order chi connectivity index (χ1) is 15.7. The van der Waals surface area contributed by atoms with Gasteiger partial charge in [0.15, 0.2) is 0 Å². The summed E-state index contributed by atoms with van der Waals surface area (Å²) in [6.07, 6.45) is -1.03. The van der Waals surface area contributed by atoms with E-state index in [1.165, 1.54) is 41.4 Å². The molecule has 172 valence electrons. The molecular weight excluding hydrogens is 461 g/mol. The van der Waals surface area contributed by atoms with Crippen LogP contribution in [0.1, 0.15) is 33.8 Å². The zero-order chi connectivity index (χ0) is 23.6. The molecule has 2 heterocycles. The first-order valence-electron chi connectivity index (χ1n) is 9.69. The van der Waals surface area contributed by atoms with Crippen molar-refractivity contribution in [1.29, 1.82) is 0 Å². The van der Waals surface area contributed by atoms with E-state index >= 15 is 0 Å². The highest BCUT2D eigenvalue weighted by molar-refractivity contribution is 7.11. The standard InChI is InChI=1S/C21H17F3N4O4S/c22-21(23,24)15-7-13(29)2-4-16(15)32-14-3-1-12(26-9-14)8-27-19(31)20(5-6-20)28-18(30)17-10-25-11-33-17/h1-4,7,9-11,29H,5-6,8H2,(H,27,31)(H,28,30). The molecule has 1 fully saturated rings. The van der Waals surface area contributed by atoms with Gasteiger partial charge in [-0.05, 0) is 43.2 Å². The van der Waals surface area contributed by atoms with E-state index in [1.807, 2.05) is 0 Å². The Kier molecular flexibility index (Phi) is 5.93. The second kappa shape index (κ2) is 8.70. The second-order valence-corrected chi connectivity index (χ2v) is 8.24. The number of phenols is 1. The molecule has 4 rings (SSSR count). The minimum Gasteiger partial charge on any atom is -0.508 e. The van der Waals surface area contributed by atoms with E-state index in [0.29, 0.717) is 29.5 Å². The van der Waals surface area contributed by atoms with Gasteiger partial charge in [-0.15, -0.1) is 11.3 Å². The number of aromatic nitrogens is 2. The average molecular weight is 478 g/mol. The number of carbonyl (C=O) groups excluding carboxylic acids is 2. The molecular formula is C21H17F3N4O4S. The van der Waals surface area contributed by atoms with E-state index in [9.17, 15) is 27.9 Å². The normalized spacial score (nSPS) is 14.4. The van der Waals surface area contributed by atoms with Gasteiger partial charge in [-0.3, -0.25) is 19.6 Å². The number of thiazole rings is 1. The van der Waals surface area contributed by atoms with Crippen LogP contribution < -0.4 is 15.4 Å². The van der Waals surface area contributed by atoms with Crippen molar-refractivity contribution in [2.45, 2.75) is 31.1 Å². The van der Waals surface area contributed by atoms with Crippen molar-refractivity contribution < 1.29 is 32.6 Å². The summed E-state index contributed by atoms with van der Waals surface area (Å²) >= 11 is 1.17. The zero-order valence-corrected chi connectivity index (χ0v) is 17.7. The van der Waals surface area contributed by atoms with Crippen molar-refractivity contribution in [2.75, 3.05) is 0 Å². The molecule has 1 aliphatic rings. The second-order valence-electron chi connectivity index (χ2n) is 7.35. The van der Waals surface area contributed by atoms with Gasteiger partial charge in [0.05, 0.1) is 30.1 Å². The van der Waals surface area contributed by atoms with Crippen LogP contribution in [0.15, 0.2) is 48.2 Å². The molecule has 0 radical (unpaired) electrons. The fraction of sp³-hybridized carbons (Fsp3) is 0.238. The lowest BCUT2D eigenvalue weighted by molar-refractivity contribution is -0.138. The van der Waals surface area contributed by atoms with Crippen molar-refractivity contribution in [1.82, 2.24) is 20.6 Å². The number of phenolic OH excluding ortho intramolecular Hbond substituents is 1. The lowest BCUT2D eigenvalue weighted by atomic mass is 10.2. The summed E-state index contributed by atoms with van der Waals surface area (Å²) < 4.78 is 44.8. The van der Waals surface area contributed by atoms with Gasteiger partial charge in [0, 0.05) is 0 Å². The van der Waals surface area contributed by atoms with Crippen LogP contribution in [0.25, 0.3) is 0 Å². The van der Waals surface area contributed by atoms with Gasteiger partial charge in [0.1, 0.15) is 33.2 Å². The largest absolute Gasteiger partial charge is 0.508 e. The predicted octanol–water partition coefficient (Wildman–Crippen LogP) is 3.63. The Bertz CT molecular complexity index is 1160. The number of pyridine rings is 1. The minimum absolute atomic E-state index is 0.0525. The van der Waals surface area contributed by atoms with Gasteiger partial charge in [-0.2, -0.15) is 13.2 Å². The number of rotatable bonds is 7. The van der Waals surface area contributed by atoms with Crippen LogP contribution >= 0.6 is 11.3 Å². The van der Waals surface area contributed by atoms with Gasteiger partial charge in [-0.25, -0.2) is 0 Å². The predicted molar refractivity (Wildman–Crippen MR) is 111 cm³/mol. The van der Waals surface area contributed by atoms with Crippen molar-refractivity contribution in [3.63, 3.8) is 0 Å². The highest BCUT2D eigenvalue weighted by atomic mass is 32.1. The maximum Gasteiger partial charge on any atom is 0.420 e. The zero-order valence-electron chi connectivity index (χ0n) is 16.8. The molecule has 0 bridgehead atoms. The number of aromatic hydroxyl groups is 1. The highest BCUT2D eigenvalue weighted by Gasteiger charge is 2.51. The first kappa shape index (κ1) is 22.5. The first-order valence-corrected chi connectivity index (χ1v) is 10.6. The maximum absolute atomic E-state index is 13.2. The third-order valence-corrected chi connectivity index (χ3v) is 5.69. The lowest BCUT2D eigenvalue weighted by Crippen LogP contribution is -2.48. The fourth-order valence-corrected chi connectivity index (χ4v) is 3.53. The van der Waals surface area contributed by atoms with Gasteiger partial charge in [-0.1, -0.05) is 0 Å². The quantitative estimate of drug-likeness (QED) is 0.478. The van der Waals surface area contributed by atoms with Crippen molar-refractivity contribution in [3.8, 4) is 17.2 Å². The van der Waals surface area contributed by atoms with Gasteiger partial charge in [0.2, 0.25) is 5.91 Å². The van der Waals surface area contributed by atoms with E-state index in [4.69, 9.17) is 4.74 Å². The number of halogens is 3. The van der Waals surface area contributed by atoms with Crippen LogP contribution in [0.3, 0.4) is 0 Å². The Hall–Kier alpha value is -3.67. The Morgan fingerprint density at radius 3 is 2.58 bits per heavy atom. The molecule has 3 N–H and O–H groups in total. The minimum atomic E-state index is -4.71. The van der Waals surface area contributed by atoms with Crippen LogP contribution in [0.2, 0.25) is 0 Å². The third kappa shape index (κ3) is 5.22. The molecule has 8 nitrogen and oxygen atoms in total. The number of alkyl halides is 3. The number of hydrogen-bond donors (Lipinski definition) is 3. The average Bonchev–Trinajstić information content (AvgIpc) is 3.33. The number of carbonyl (C=O) groups is 2. The molecule has 0 saturated heterocycles. The van der Waals surface area contributed by atoms with Crippen LogP contribution in [-0.2, 0) is 17.5 Å². The lowest BCUT2D eigenvalue weighted by Gasteiger charge is -2.17. The summed E-state index contributed by atoms with van der Waals surface area (Å²) in [7, 11) is 0. The summed E-state index contributed by atoms with van der Waals surface area (Å²) in [5.41, 5.74) is -0.105. The molecule has 2 aromatic heterocycles. The van der Waals surface area contributed by atoms with E-state index in [1.54, 1.807) is 0 Å². The summed E-state index contributed by atoms with van der Waals surface area (Å²) in [5, 5.41) is 14.8. The van der Waals surface area contributed by atoms with Crippen molar-refractivity contribution in [2.24, 2.45) is 0 Å². The summed E-state index contributed by atoms with van der Waals surface area (Å²) in [5.74, 6) is -1.67. The topological polar surface area (TPSA) is 113 Å². The summed E-state index contributed by atoms with van der Waals surface area (Å²) in [6.45, 7) is 0.0598. The molecule has 1 saturated carbocycles. The van der Waals surface area contributed by atoms with Crippen molar-refractivity contribution >= 4 is 23.2 Å². The highest BCUT2D eigenvalue weighted by Crippen LogP contribution is 2.40. The van der Waals surface area contributed by atoms with Gasteiger partial charge in [0.25, 0.3) is 5.91 Å². The number of nitrogens with zero attached hydrogens (tertiary/aromatic N) is 2. The van der Waals surface area contributed by atoms with Crippen molar-refractivity contribution in [3.05, 3.63) is 64.4 Å². The fourth-order valence-electron chi connectivity index (χ4n) is 3.01. The molecule has 0 aliphatic heterocycles. The van der Waals surface area contributed by atoms with E-state index < -0.39 is 28.8 Å². The smallest absolute Gasteiger partial charge is 0.420 e.